The first-order valence-corrected chi connectivity index (χ1v) is 19.2. The van der Waals surface area contributed by atoms with Crippen molar-refractivity contribution in [2.75, 3.05) is 6.54 Å². The molecule has 8 nitrogen and oxygen atoms in total. The van der Waals surface area contributed by atoms with Gasteiger partial charge in [-0.25, -0.2) is 0 Å². The molecule has 2 aromatic carbocycles. The molecule has 4 fully saturated rings. The highest BCUT2D eigenvalue weighted by Crippen LogP contribution is 2.68. The Bertz CT molecular complexity index is 1480. The third-order valence-electron chi connectivity index (χ3n) is 13.9. The van der Waals surface area contributed by atoms with E-state index in [2.05, 4.69) is 26.1 Å². The molecule has 0 spiro atoms. The van der Waals surface area contributed by atoms with E-state index in [9.17, 15) is 19.5 Å². The van der Waals surface area contributed by atoms with Crippen molar-refractivity contribution in [1.82, 2.24) is 5.32 Å². The predicted octanol–water partition coefficient (Wildman–Crippen LogP) is 7.11. The van der Waals surface area contributed by atoms with Gasteiger partial charge in [-0.1, -0.05) is 63.2 Å². The maximum atomic E-state index is 12.8. The molecule has 4 N–H and O–H groups in total. The van der Waals surface area contributed by atoms with Gasteiger partial charge in [0.25, 0.3) is 0 Å². The minimum absolute atomic E-state index is 0.0902. The first kappa shape index (κ1) is 36.4. The van der Waals surface area contributed by atoms with Crippen molar-refractivity contribution in [3.05, 3.63) is 65.7 Å². The topological polar surface area (TPSA) is 128 Å². The molecule has 0 heterocycles. The van der Waals surface area contributed by atoms with Crippen LogP contribution in [-0.2, 0) is 36.9 Å². The maximum Gasteiger partial charge on any atom is 0.325 e. The van der Waals surface area contributed by atoms with Crippen LogP contribution in [0, 0.1) is 46.3 Å². The summed E-state index contributed by atoms with van der Waals surface area (Å²) >= 11 is 0. The molecular weight excluding hydrogens is 628 g/mol. The number of phenolic OH excluding ortho intramolecular Hbond substituents is 1. The number of amides is 1. The summed E-state index contributed by atoms with van der Waals surface area (Å²) in [6, 6.07) is 15.7. The van der Waals surface area contributed by atoms with Gasteiger partial charge in [0.2, 0.25) is 5.91 Å². The predicted molar refractivity (Wildman–Crippen MR) is 193 cm³/mol. The van der Waals surface area contributed by atoms with E-state index in [0.29, 0.717) is 48.5 Å². The third-order valence-corrected chi connectivity index (χ3v) is 13.9. The molecule has 0 bridgehead atoms. The number of aromatic hydroxyl groups is 1. The van der Waals surface area contributed by atoms with Crippen LogP contribution < -0.4 is 11.1 Å². The lowest BCUT2D eigenvalue weighted by atomic mass is 9.44. The second-order valence-electron chi connectivity index (χ2n) is 16.6. The molecule has 50 heavy (non-hydrogen) atoms. The molecule has 0 aliphatic heterocycles. The van der Waals surface area contributed by atoms with Crippen molar-refractivity contribution in [3.63, 3.8) is 0 Å². The van der Waals surface area contributed by atoms with Crippen LogP contribution in [0.25, 0.3) is 0 Å². The Morgan fingerprint density at radius 1 is 0.880 bits per heavy atom. The summed E-state index contributed by atoms with van der Waals surface area (Å²) in [4.78, 5) is 38.0. The molecule has 1 amide bonds. The Kier molecular flexibility index (Phi) is 11.3. The van der Waals surface area contributed by atoms with E-state index in [1.165, 1.54) is 38.5 Å². The second-order valence-corrected chi connectivity index (χ2v) is 16.6. The van der Waals surface area contributed by atoms with E-state index in [-0.39, 0.29) is 29.8 Å². The van der Waals surface area contributed by atoms with Gasteiger partial charge in [0.1, 0.15) is 25.0 Å². The number of carbonyl (C=O) groups excluding carboxylic acids is 3. The van der Waals surface area contributed by atoms with E-state index in [1.807, 2.05) is 30.3 Å². The fraction of sp³-hybridized carbons (Fsp3) is 0.643. The van der Waals surface area contributed by atoms with Crippen molar-refractivity contribution < 1.29 is 29.0 Å². The second kappa shape index (κ2) is 15.5. The Hall–Kier alpha value is -3.39. The number of hydrogen-bond donors (Lipinski definition) is 3. The summed E-state index contributed by atoms with van der Waals surface area (Å²) in [5.41, 5.74) is 8.54. The van der Waals surface area contributed by atoms with Gasteiger partial charge < -0.3 is 25.6 Å². The average molecular weight is 687 g/mol. The summed E-state index contributed by atoms with van der Waals surface area (Å²) in [5.74, 6) is 3.19. The fourth-order valence-electron chi connectivity index (χ4n) is 11.2. The van der Waals surface area contributed by atoms with Gasteiger partial charge in [0, 0.05) is 6.42 Å². The van der Waals surface area contributed by atoms with Crippen LogP contribution in [0.3, 0.4) is 0 Å². The Morgan fingerprint density at radius 2 is 1.60 bits per heavy atom. The van der Waals surface area contributed by atoms with Crippen LogP contribution in [0.5, 0.6) is 5.75 Å². The lowest BCUT2D eigenvalue weighted by Crippen LogP contribution is -2.54. The van der Waals surface area contributed by atoms with Crippen LogP contribution in [-0.4, -0.2) is 41.6 Å². The molecule has 0 saturated heterocycles. The maximum absolute atomic E-state index is 12.8. The number of rotatable bonds is 12. The standard InChI is InChI=1S/C42H58N2O6/c1-27(9-18-38(46)49-26-29-7-5-4-6-8-29)34-16-17-35-33-15-12-30-24-32(19-21-41(30,2)36(33)20-22-42(34,35)3)50-39(47)25-44-40(48)37(43)23-28-10-13-31(45)14-11-28/h4-8,10-11,13-14,27,30,32-37,45H,9,12,15-26,43H2,1-3H3,(H,44,48)/t27-,30+,32+,33-,34+,35-,36-,37-,41-,42+/m0/s1. The normalized spacial score (nSPS) is 32.8. The number of carbonyl (C=O) groups is 3. The van der Waals surface area contributed by atoms with Gasteiger partial charge in [-0.05, 0) is 140 Å². The Balaban J connectivity index is 0.958. The van der Waals surface area contributed by atoms with Crippen molar-refractivity contribution in [1.29, 1.82) is 0 Å². The highest BCUT2D eigenvalue weighted by atomic mass is 16.5. The van der Waals surface area contributed by atoms with Gasteiger partial charge in [0.05, 0.1) is 6.04 Å². The number of nitrogens with one attached hydrogen (secondary N) is 1. The molecule has 10 atom stereocenters. The van der Waals surface area contributed by atoms with Crippen LogP contribution in [0.15, 0.2) is 54.6 Å². The molecule has 8 heteroatoms. The van der Waals surface area contributed by atoms with Crippen molar-refractivity contribution in [2.24, 2.45) is 52.1 Å². The van der Waals surface area contributed by atoms with Gasteiger partial charge in [-0.15, -0.1) is 0 Å². The monoisotopic (exact) mass is 686 g/mol. The largest absolute Gasteiger partial charge is 0.508 e. The van der Waals surface area contributed by atoms with Gasteiger partial charge >= 0.3 is 11.9 Å². The van der Waals surface area contributed by atoms with E-state index < -0.39 is 17.9 Å². The van der Waals surface area contributed by atoms with E-state index in [0.717, 1.165) is 48.6 Å². The fourth-order valence-corrected chi connectivity index (χ4v) is 11.2. The van der Waals surface area contributed by atoms with E-state index >= 15 is 0 Å². The summed E-state index contributed by atoms with van der Waals surface area (Å²) in [6.45, 7) is 7.63. The number of ether oxygens (including phenoxy) is 2. The van der Waals surface area contributed by atoms with Crippen molar-refractivity contribution in [2.45, 2.75) is 117 Å². The molecule has 6 rings (SSSR count). The molecule has 4 aliphatic rings. The molecule has 0 aromatic heterocycles. The average Bonchev–Trinajstić information content (AvgIpc) is 3.47. The van der Waals surface area contributed by atoms with E-state index in [4.69, 9.17) is 15.2 Å². The van der Waals surface area contributed by atoms with Crippen LogP contribution >= 0.6 is 0 Å². The van der Waals surface area contributed by atoms with Crippen molar-refractivity contribution >= 4 is 17.8 Å². The van der Waals surface area contributed by atoms with Gasteiger partial charge in [0.15, 0.2) is 0 Å². The minimum Gasteiger partial charge on any atom is -0.508 e. The van der Waals surface area contributed by atoms with Crippen LogP contribution in [0.4, 0.5) is 0 Å². The number of hydrogen-bond acceptors (Lipinski definition) is 7. The number of fused-ring (bicyclic) bond motifs is 5. The zero-order valence-corrected chi connectivity index (χ0v) is 30.3. The molecule has 272 valence electrons. The Labute approximate surface area is 298 Å². The smallest absolute Gasteiger partial charge is 0.325 e. The molecular formula is C42H58N2O6. The highest BCUT2D eigenvalue weighted by Gasteiger charge is 2.60. The first-order valence-electron chi connectivity index (χ1n) is 19.2. The lowest BCUT2D eigenvalue weighted by molar-refractivity contribution is -0.162. The van der Waals surface area contributed by atoms with Crippen LogP contribution in [0.2, 0.25) is 0 Å². The number of benzene rings is 2. The molecule has 2 aromatic rings. The molecule has 0 unspecified atom stereocenters. The number of phenols is 1. The number of esters is 2. The van der Waals surface area contributed by atoms with Crippen LogP contribution in [0.1, 0.15) is 103 Å². The first-order chi connectivity index (χ1) is 24.0. The SMILES string of the molecule is C[C@@H](CCC(=O)OCc1ccccc1)[C@H]1CC[C@H]2[C@@H]3CC[C@@H]4C[C@H](OC(=O)CNC(=O)[C@@H](N)Cc5ccc(O)cc5)CC[C@]4(C)[C@H]3CC[C@]12C. The van der Waals surface area contributed by atoms with Crippen molar-refractivity contribution in [3.8, 4) is 5.75 Å². The summed E-state index contributed by atoms with van der Waals surface area (Å²) in [5, 5.41) is 12.1. The minimum atomic E-state index is -0.789. The summed E-state index contributed by atoms with van der Waals surface area (Å²) in [6.07, 6.45) is 12.0. The summed E-state index contributed by atoms with van der Waals surface area (Å²) < 4.78 is 11.5. The molecule has 4 aliphatic carbocycles. The zero-order valence-electron chi connectivity index (χ0n) is 30.3. The third kappa shape index (κ3) is 7.90. The highest BCUT2D eigenvalue weighted by molar-refractivity contribution is 5.85. The molecule has 0 radical (unpaired) electrons. The molecule has 4 saturated carbocycles. The lowest BCUT2D eigenvalue weighted by Gasteiger charge is -2.61. The number of nitrogens with two attached hydrogens (primary N) is 1. The van der Waals surface area contributed by atoms with Gasteiger partial charge in [-0.2, -0.15) is 0 Å². The zero-order chi connectivity index (χ0) is 35.5. The summed E-state index contributed by atoms with van der Waals surface area (Å²) in [7, 11) is 0. The van der Waals surface area contributed by atoms with E-state index in [1.54, 1.807) is 24.3 Å². The quantitative estimate of drug-likeness (QED) is 0.203. The Morgan fingerprint density at radius 3 is 2.36 bits per heavy atom. The van der Waals surface area contributed by atoms with Gasteiger partial charge in [-0.3, -0.25) is 14.4 Å².